The molecular formula is C14H14ClN3O2. The van der Waals surface area contributed by atoms with Crippen LogP contribution in [0.25, 0.3) is 0 Å². The highest BCUT2D eigenvalue weighted by Crippen LogP contribution is 2.15. The Morgan fingerprint density at radius 1 is 1.35 bits per heavy atom. The summed E-state index contributed by atoms with van der Waals surface area (Å²) in [6.07, 6.45) is 0.770. The van der Waals surface area contributed by atoms with Crippen LogP contribution in [0.4, 0.5) is 5.69 Å². The van der Waals surface area contributed by atoms with E-state index in [1.165, 1.54) is 16.8 Å². The molecule has 0 spiro atoms. The van der Waals surface area contributed by atoms with Gasteiger partial charge in [-0.15, -0.1) is 0 Å². The Morgan fingerprint density at radius 2 is 2.15 bits per heavy atom. The second-order valence-electron chi connectivity index (χ2n) is 4.24. The number of hydrogen-bond donors (Lipinski definition) is 1. The topological polar surface area (TPSA) is 64.0 Å². The van der Waals surface area contributed by atoms with Crippen LogP contribution in [0.15, 0.2) is 41.2 Å². The molecule has 104 valence electrons. The van der Waals surface area contributed by atoms with Crippen LogP contribution in [0.2, 0.25) is 5.02 Å². The van der Waals surface area contributed by atoms with Crippen molar-refractivity contribution in [3.8, 4) is 0 Å². The van der Waals surface area contributed by atoms with E-state index in [0.717, 1.165) is 6.42 Å². The van der Waals surface area contributed by atoms with Crippen molar-refractivity contribution in [1.82, 2.24) is 9.78 Å². The van der Waals surface area contributed by atoms with E-state index in [9.17, 15) is 9.59 Å². The molecule has 0 aliphatic heterocycles. The Hall–Kier alpha value is -2.14. The maximum atomic E-state index is 12.1. The van der Waals surface area contributed by atoms with Crippen molar-refractivity contribution in [3.05, 3.63) is 57.5 Å². The minimum atomic E-state index is -0.378. The molecule has 0 unspecified atom stereocenters. The Balaban J connectivity index is 2.21. The largest absolute Gasteiger partial charge is 0.321 e. The highest BCUT2D eigenvalue weighted by molar-refractivity contribution is 6.30. The highest BCUT2D eigenvalue weighted by atomic mass is 35.5. The predicted octanol–water partition coefficient (Wildman–Crippen LogP) is 2.56. The van der Waals surface area contributed by atoms with Crippen LogP contribution in [0, 0.1) is 0 Å². The van der Waals surface area contributed by atoms with E-state index < -0.39 is 0 Å². The van der Waals surface area contributed by atoms with Crippen LogP contribution >= 0.6 is 11.6 Å². The molecule has 2 rings (SSSR count). The number of halogens is 1. The van der Waals surface area contributed by atoms with Gasteiger partial charge in [0.15, 0.2) is 0 Å². The van der Waals surface area contributed by atoms with Crippen LogP contribution in [0.3, 0.4) is 0 Å². The van der Waals surface area contributed by atoms with Crippen molar-refractivity contribution in [2.75, 3.05) is 5.32 Å². The van der Waals surface area contributed by atoms with Gasteiger partial charge in [-0.2, -0.15) is 5.10 Å². The van der Waals surface area contributed by atoms with Gasteiger partial charge in [0, 0.05) is 23.3 Å². The average Bonchev–Trinajstić information content (AvgIpc) is 2.41. The summed E-state index contributed by atoms with van der Waals surface area (Å²) < 4.78 is 1.28. The number of carbonyl (C=O) groups is 1. The predicted molar refractivity (Wildman–Crippen MR) is 78.2 cm³/mol. The number of aryl methyl sites for hydroxylation is 1. The maximum Gasteiger partial charge on any atom is 0.276 e. The zero-order chi connectivity index (χ0) is 14.5. The van der Waals surface area contributed by atoms with Crippen LogP contribution in [-0.2, 0) is 6.54 Å². The lowest BCUT2D eigenvalue weighted by molar-refractivity contribution is 0.102. The second kappa shape index (κ2) is 6.34. The molecule has 0 saturated carbocycles. The molecular weight excluding hydrogens is 278 g/mol. The molecule has 1 N–H and O–H groups in total. The number of benzene rings is 1. The van der Waals surface area contributed by atoms with Crippen LogP contribution in [0.1, 0.15) is 23.8 Å². The lowest BCUT2D eigenvalue weighted by Crippen LogP contribution is -2.26. The fourth-order valence-corrected chi connectivity index (χ4v) is 1.89. The molecule has 0 bridgehead atoms. The van der Waals surface area contributed by atoms with Crippen molar-refractivity contribution < 1.29 is 4.79 Å². The Bertz CT molecular complexity index is 682. The van der Waals surface area contributed by atoms with E-state index >= 15 is 0 Å². The number of anilines is 1. The number of rotatable bonds is 4. The van der Waals surface area contributed by atoms with Gasteiger partial charge >= 0.3 is 0 Å². The fraction of sp³-hybridized carbons (Fsp3) is 0.214. The summed E-state index contributed by atoms with van der Waals surface area (Å²) in [5.41, 5.74) is 0.557. The molecule has 20 heavy (non-hydrogen) atoms. The third-order valence-electron chi connectivity index (χ3n) is 2.62. The van der Waals surface area contributed by atoms with Gasteiger partial charge in [0.2, 0.25) is 0 Å². The molecule has 1 aromatic carbocycles. The molecule has 0 saturated heterocycles. The molecule has 0 aliphatic carbocycles. The first kappa shape index (κ1) is 14.3. The van der Waals surface area contributed by atoms with Crippen LogP contribution < -0.4 is 10.9 Å². The average molecular weight is 292 g/mol. The summed E-state index contributed by atoms with van der Waals surface area (Å²) in [4.78, 5) is 23.6. The van der Waals surface area contributed by atoms with Gasteiger partial charge in [-0.3, -0.25) is 9.59 Å². The maximum absolute atomic E-state index is 12.1. The van der Waals surface area contributed by atoms with Crippen molar-refractivity contribution in [1.29, 1.82) is 0 Å². The highest BCUT2D eigenvalue weighted by Gasteiger charge is 2.10. The molecule has 2 aromatic rings. The Morgan fingerprint density at radius 3 is 2.85 bits per heavy atom. The van der Waals surface area contributed by atoms with E-state index in [4.69, 9.17) is 11.6 Å². The summed E-state index contributed by atoms with van der Waals surface area (Å²) in [5, 5.41) is 7.26. The lowest BCUT2D eigenvalue weighted by atomic mass is 10.3. The van der Waals surface area contributed by atoms with Gasteiger partial charge in [0.05, 0.1) is 0 Å². The number of carbonyl (C=O) groups excluding carboxylic acids is 1. The number of aromatic nitrogens is 2. The standard InChI is InChI=1S/C14H14ClN3O2/c1-2-8-18-13(19)7-6-12(17-18)14(20)16-11-5-3-4-10(15)9-11/h3-7,9H,2,8H2,1H3,(H,16,20). The number of hydrogen-bond acceptors (Lipinski definition) is 3. The Labute approximate surface area is 121 Å². The van der Waals surface area contributed by atoms with E-state index in [1.54, 1.807) is 24.3 Å². The second-order valence-corrected chi connectivity index (χ2v) is 4.68. The quantitative estimate of drug-likeness (QED) is 0.941. The number of nitrogens with one attached hydrogen (secondary N) is 1. The first-order valence-corrected chi connectivity index (χ1v) is 6.63. The Kier molecular flexibility index (Phi) is 4.53. The molecule has 0 radical (unpaired) electrons. The smallest absolute Gasteiger partial charge is 0.276 e. The summed E-state index contributed by atoms with van der Waals surface area (Å²) in [6.45, 7) is 2.42. The summed E-state index contributed by atoms with van der Waals surface area (Å²) in [5.74, 6) is -0.378. The van der Waals surface area contributed by atoms with E-state index in [1.807, 2.05) is 6.92 Å². The van der Waals surface area contributed by atoms with Crippen LogP contribution in [0.5, 0.6) is 0 Å². The zero-order valence-electron chi connectivity index (χ0n) is 11.0. The van der Waals surface area contributed by atoms with E-state index in [-0.39, 0.29) is 17.2 Å². The number of amides is 1. The molecule has 1 heterocycles. The minimum absolute atomic E-state index is 0.193. The van der Waals surface area contributed by atoms with Gasteiger partial charge in [0.25, 0.3) is 11.5 Å². The van der Waals surface area contributed by atoms with Crippen molar-refractivity contribution in [2.24, 2.45) is 0 Å². The van der Waals surface area contributed by atoms with Crippen molar-refractivity contribution in [3.63, 3.8) is 0 Å². The minimum Gasteiger partial charge on any atom is -0.321 e. The van der Waals surface area contributed by atoms with Crippen molar-refractivity contribution in [2.45, 2.75) is 19.9 Å². The summed E-state index contributed by atoms with van der Waals surface area (Å²) >= 11 is 5.85. The van der Waals surface area contributed by atoms with Gasteiger partial charge in [-0.1, -0.05) is 24.6 Å². The molecule has 0 aliphatic rings. The summed E-state index contributed by atoms with van der Waals surface area (Å²) in [6, 6.07) is 9.58. The van der Waals surface area contributed by atoms with Gasteiger partial charge in [0.1, 0.15) is 5.69 Å². The zero-order valence-corrected chi connectivity index (χ0v) is 11.7. The van der Waals surface area contributed by atoms with Gasteiger partial charge in [-0.05, 0) is 30.7 Å². The van der Waals surface area contributed by atoms with E-state index in [0.29, 0.717) is 17.3 Å². The normalized spacial score (nSPS) is 10.3. The van der Waals surface area contributed by atoms with Crippen molar-refractivity contribution >= 4 is 23.2 Å². The fourth-order valence-electron chi connectivity index (χ4n) is 1.70. The molecule has 0 atom stereocenters. The molecule has 6 heteroatoms. The first-order chi connectivity index (χ1) is 9.60. The first-order valence-electron chi connectivity index (χ1n) is 6.25. The molecule has 0 fully saturated rings. The molecule has 5 nitrogen and oxygen atoms in total. The third-order valence-corrected chi connectivity index (χ3v) is 2.85. The SMILES string of the molecule is CCCn1nc(C(=O)Nc2cccc(Cl)c2)ccc1=O. The third kappa shape index (κ3) is 3.45. The number of nitrogens with zero attached hydrogens (tertiary/aromatic N) is 2. The van der Waals surface area contributed by atoms with E-state index in [2.05, 4.69) is 10.4 Å². The summed E-state index contributed by atoms with van der Waals surface area (Å²) in [7, 11) is 0. The monoisotopic (exact) mass is 291 g/mol. The molecule has 1 aromatic heterocycles. The van der Waals surface area contributed by atoms with Gasteiger partial charge < -0.3 is 5.32 Å². The van der Waals surface area contributed by atoms with Gasteiger partial charge in [-0.25, -0.2) is 4.68 Å². The molecule has 1 amide bonds. The lowest BCUT2D eigenvalue weighted by Gasteiger charge is -2.07. The van der Waals surface area contributed by atoms with Crippen LogP contribution in [-0.4, -0.2) is 15.7 Å².